The highest BCUT2D eigenvalue weighted by Crippen LogP contribution is 2.41. The number of amides is 2. The van der Waals surface area contributed by atoms with E-state index in [4.69, 9.17) is 4.74 Å². The fourth-order valence-corrected chi connectivity index (χ4v) is 5.00. The molecule has 2 amide bonds. The summed E-state index contributed by atoms with van der Waals surface area (Å²) in [7, 11) is 1.63. The lowest BCUT2D eigenvalue weighted by atomic mass is 9.90. The maximum absolute atomic E-state index is 13.2. The molecule has 0 unspecified atom stereocenters. The molecular formula is C21H24N4O3S. The van der Waals surface area contributed by atoms with Gasteiger partial charge in [0, 0.05) is 24.6 Å². The van der Waals surface area contributed by atoms with Crippen molar-refractivity contribution in [3.8, 4) is 5.75 Å². The summed E-state index contributed by atoms with van der Waals surface area (Å²) in [5.41, 5.74) is 0.546. The van der Waals surface area contributed by atoms with Crippen LogP contribution in [0.5, 0.6) is 5.75 Å². The number of hydrogen-bond acceptors (Lipinski definition) is 6. The number of aromatic nitrogens is 2. The number of benzene rings is 1. The molecule has 2 aliphatic rings. The van der Waals surface area contributed by atoms with Crippen LogP contribution in [0.2, 0.25) is 0 Å². The second-order valence-electron chi connectivity index (χ2n) is 7.43. The van der Waals surface area contributed by atoms with Gasteiger partial charge in [-0.05, 0) is 43.2 Å². The molecule has 1 spiro atoms. The molecule has 2 aromatic rings. The van der Waals surface area contributed by atoms with E-state index < -0.39 is 0 Å². The van der Waals surface area contributed by atoms with Crippen LogP contribution in [0.25, 0.3) is 0 Å². The van der Waals surface area contributed by atoms with Crippen LogP contribution in [0.3, 0.4) is 0 Å². The molecule has 1 aliphatic heterocycles. The minimum Gasteiger partial charge on any atom is -0.497 e. The monoisotopic (exact) mass is 412 g/mol. The molecular weight excluding hydrogens is 388 g/mol. The Morgan fingerprint density at radius 2 is 1.86 bits per heavy atom. The summed E-state index contributed by atoms with van der Waals surface area (Å²) in [5.74, 6) is 0.917. The van der Waals surface area contributed by atoms with Gasteiger partial charge in [0.15, 0.2) is 5.16 Å². The predicted octanol–water partition coefficient (Wildman–Crippen LogP) is 2.77. The zero-order chi connectivity index (χ0) is 20.3. The first kappa shape index (κ1) is 19.7. The van der Waals surface area contributed by atoms with Crippen LogP contribution in [0.15, 0.2) is 47.9 Å². The van der Waals surface area contributed by atoms with Crippen molar-refractivity contribution in [3.05, 3.63) is 42.7 Å². The van der Waals surface area contributed by atoms with Gasteiger partial charge in [0.05, 0.1) is 18.4 Å². The average Bonchev–Trinajstić information content (AvgIpc) is 3.21. The first-order valence-electron chi connectivity index (χ1n) is 9.76. The summed E-state index contributed by atoms with van der Waals surface area (Å²) in [6.07, 6.45) is 7.26. The Labute approximate surface area is 174 Å². The Bertz CT molecular complexity index is 869. The maximum Gasteiger partial charge on any atom is 0.247 e. The van der Waals surface area contributed by atoms with Gasteiger partial charge in [0.1, 0.15) is 12.3 Å². The topological polar surface area (TPSA) is 75.6 Å². The van der Waals surface area contributed by atoms with Crippen LogP contribution < -0.4 is 9.64 Å². The zero-order valence-corrected chi connectivity index (χ0v) is 17.2. The summed E-state index contributed by atoms with van der Waals surface area (Å²) in [4.78, 5) is 37.9. The van der Waals surface area contributed by atoms with Gasteiger partial charge in [-0.25, -0.2) is 9.97 Å². The van der Waals surface area contributed by atoms with E-state index in [0.717, 1.165) is 37.1 Å². The van der Waals surface area contributed by atoms with Crippen molar-refractivity contribution in [2.24, 2.45) is 0 Å². The molecule has 0 N–H and O–H groups in total. The molecule has 7 nitrogen and oxygen atoms in total. The van der Waals surface area contributed by atoms with E-state index >= 15 is 0 Å². The number of nitrogens with zero attached hydrogens (tertiary/aromatic N) is 4. The van der Waals surface area contributed by atoms with Gasteiger partial charge in [-0.15, -0.1) is 0 Å². The van der Waals surface area contributed by atoms with Gasteiger partial charge in [-0.3, -0.25) is 9.59 Å². The van der Waals surface area contributed by atoms with Crippen LogP contribution in [-0.2, 0) is 9.59 Å². The average molecular weight is 413 g/mol. The highest BCUT2D eigenvalue weighted by atomic mass is 32.2. The standard InChI is InChI=1S/C21H24N4O3S/c1-28-17-7-5-16(6-8-17)25-18(26)13-24(15-21(25)9-2-3-10-21)19(27)14-29-20-22-11-4-12-23-20/h4-8,11-12H,2-3,9-10,13-15H2,1H3. The normalized spacial score (nSPS) is 18.3. The number of methoxy groups -OCH3 is 1. The van der Waals surface area contributed by atoms with E-state index in [2.05, 4.69) is 9.97 Å². The SMILES string of the molecule is COc1ccc(N2C(=O)CN(C(=O)CSc3ncccn3)CC23CCCC3)cc1. The van der Waals surface area contributed by atoms with Crippen molar-refractivity contribution in [3.63, 3.8) is 0 Å². The molecule has 1 aromatic heterocycles. The number of thioether (sulfide) groups is 1. The summed E-state index contributed by atoms with van der Waals surface area (Å²) in [5, 5.41) is 0.569. The third-order valence-electron chi connectivity index (χ3n) is 5.62. The molecule has 152 valence electrons. The lowest BCUT2D eigenvalue weighted by molar-refractivity contribution is -0.137. The lowest BCUT2D eigenvalue weighted by Crippen LogP contribution is -2.65. The van der Waals surface area contributed by atoms with E-state index in [0.29, 0.717) is 11.7 Å². The van der Waals surface area contributed by atoms with Gasteiger partial charge < -0.3 is 14.5 Å². The Morgan fingerprint density at radius 3 is 2.52 bits per heavy atom. The van der Waals surface area contributed by atoms with Crippen molar-refractivity contribution < 1.29 is 14.3 Å². The van der Waals surface area contributed by atoms with Gasteiger partial charge in [0.25, 0.3) is 0 Å². The molecule has 2 heterocycles. The van der Waals surface area contributed by atoms with Crippen molar-refractivity contribution in [2.45, 2.75) is 36.4 Å². The summed E-state index contributed by atoms with van der Waals surface area (Å²) in [6, 6.07) is 9.35. The Hall–Kier alpha value is -2.61. The number of anilines is 1. The van der Waals surface area contributed by atoms with Crippen molar-refractivity contribution in [1.82, 2.24) is 14.9 Å². The van der Waals surface area contributed by atoms with Crippen molar-refractivity contribution >= 4 is 29.3 Å². The van der Waals surface area contributed by atoms with E-state index in [1.165, 1.54) is 11.8 Å². The third-order valence-corrected chi connectivity index (χ3v) is 6.48. The van der Waals surface area contributed by atoms with Gasteiger partial charge in [-0.2, -0.15) is 0 Å². The van der Waals surface area contributed by atoms with Gasteiger partial charge >= 0.3 is 0 Å². The molecule has 8 heteroatoms. The number of carbonyl (C=O) groups excluding carboxylic acids is 2. The quantitative estimate of drug-likeness (QED) is 0.555. The van der Waals surface area contributed by atoms with Crippen LogP contribution in [-0.4, -0.2) is 58.2 Å². The van der Waals surface area contributed by atoms with Gasteiger partial charge in [0.2, 0.25) is 11.8 Å². The molecule has 0 radical (unpaired) electrons. The third kappa shape index (κ3) is 4.07. The molecule has 4 rings (SSSR count). The largest absolute Gasteiger partial charge is 0.497 e. The second kappa shape index (κ2) is 8.41. The first-order valence-corrected chi connectivity index (χ1v) is 10.7. The fourth-order valence-electron chi connectivity index (χ4n) is 4.30. The minimum atomic E-state index is -0.326. The molecule has 1 aromatic carbocycles. The summed E-state index contributed by atoms with van der Waals surface area (Å²) in [6.45, 7) is 0.669. The Morgan fingerprint density at radius 1 is 1.17 bits per heavy atom. The highest BCUT2D eigenvalue weighted by molar-refractivity contribution is 7.99. The molecule has 2 fully saturated rings. The highest BCUT2D eigenvalue weighted by Gasteiger charge is 2.48. The van der Waals surface area contributed by atoms with Crippen LogP contribution in [0.1, 0.15) is 25.7 Å². The van der Waals surface area contributed by atoms with Crippen molar-refractivity contribution in [2.75, 3.05) is 30.9 Å². The maximum atomic E-state index is 13.2. The van der Waals surface area contributed by atoms with Gasteiger partial charge in [-0.1, -0.05) is 24.6 Å². The zero-order valence-electron chi connectivity index (χ0n) is 16.4. The number of ether oxygens (including phenoxy) is 1. The Kier molecular flexibility index (Phi) is 5.71. The van der Waals surface area contributed by atoms with Crippen LogP contribution in [0.4, 0.5) is 5.69 Å². The molecule has 1 saturated heterocycles. The number of carbonyl (C=O) groups is 2. The predicted molar refractivity (Wildman–Crippen MR) is 111 cm³/mol. The van der Waals surface area contributed by atoms with Crippen LogP contribution >= 0.6 is 11.8 Å². The number of piperazine rings is 1. The summed E-state index contributed by atoms with van der Waals surface area (Å²) < 4.78 is 5.24. The summed E-state index contributed by atoms with van der Waals surface area (Å²) >= 11 is 1.30. The first-order chi connectivity index (χ1) is 14.1. The number of hydrogen-bond donors (Lipinski definition) is 0. The fraction of sp³-hybridized carbons (Fsp3) is 0.429. The van der Waals surface area contributed by atoms with E-state index in [1.807, 2.05) is 29.2 Å². The number of rotatable bonds is 5. The molecule has 1 saturated carbocycles. The van der Waals surface area contributed by atoms with E-state index in [-0.39, 0.29) is 29.7 Å². The minimum absolute atomic E-state index is 0.0300. The van der Waals surface area contributed by atoms with E-state index in [9.17, 15) is 9.59 Å². The smallest absolute Gasteiger partial charge is 0.247 e. The lowest BCUT2D eigenvalue weighted by Gasteiger charge is -2.48. The molecule has 0 bridgehead atoms. The van der Waals surface area contributed by atoms with Crippen molar-refractivity contribution in [1.29, 1.82) is 0 Å². The molecule has 29 heavy (non-hydrogen) atoms. The van der Waals surface area contributed by atoms with Crippen LogP contribution in [0, 0.1) is 0 Å². The molecule has 0 atom stereocenters. The Balaban J connectivity index is 1.51. The molecule has 1 aliphatic carbocycles. The van der Waals surface area contributed by atoms with E-state index in [1.54, 1.807) is 30.5 Å². The second-order valence-corrected chi connectivity index (χ2v) is 8.37.